The highest BCUT2D eigenvalue weighted by molar-refractivity contribution is 6.02. The van der Waals surface area contributed by atoms with Gasteiger partial charge in [0.05, 0.1) is 19.4 Å². The van der Waals surface area contributed by atoms with Crippen LogP contribution in [0.15, 0.2) is 53.6 Å². The Morgan fingerprint density at radius 2 is 2.04 bits per heavy atom. The number of hydrogen-bond donors (Lipinski definition) is 0. The first-order valence-electron chi connectivity index (χ1n) is 7.57. The van der Waals surface area contributed by atoms with E-state index in [-0.39, 0.29) is 24.0 Å². The van der Waals surface area contributed by atoms with Crippen LogP contribution in [0.25, 0.3) is 0 Å². The molecular formula is C18H17FN2O3. The van der Waals surface area contributed by atoms with Crippen molar-refractivity contribution in [3.63, 3.8) is 0 Å². The maximum atomic E-state index is 13.6. The Labute approximate surface area is 139 Å². The summed E-state index contributed by atoms with van der Waals surface area (Å²) in [6.07, 6.45) is 0.701. The molecule has 0 atom stereocenters. The lowest BCUT2D eigenvalue weighted by atomic mass is 10.1. The molecule has 2 aromatic rings. The Bertz CT molecular complexity index is 762. The monoisotopic (exact) mass is 328 g/mol. The molecular weight excluding hydrogens is 311 g/mol. The number of hydrazone groups is 1. The normalized spacial score (nSPS) is 13.6. The van der Waals surface area contributed by atoms with Crippen LogP contribution >= 0.6 is 0 Å². The maximum Gasteiger partial charge on any atom is 0.280 e. The van der Waals surface area contributed by atoms with Gasteiger partial charge in [0.25, 0.3) is 5.91 Å². The molecule has 0 bridgehead atoms. The number of halogens is 1. The first-order valence-corrected chi connectivity index (χ1v) is 7.57. The molecule has 1 aliphatic rings. The van der Waals surface area contributed by atoms with E-state index in [0.29, 0.717) is 13.0 Å². The molecule has 0 spiro atoms. The number of carbonyl (C=O) groups is 1. The van der Waals surface area contributed by atoms with Gasteiger partial charge < -0.3 is 9.47 Å². The van der Waals surface area contributed by atoms with Crippen LogP contribution in [-0.2, 0) is 4.79 Å². The molecule has 0 aromatic heterocycles. The van der Waals surface area contributed by atoms with Crippen molar-refractivity contribution in [2.45, 2.75) is 6.42 Å². The fourth-order valence-corrected chi connectivity index (χ4v) is 2.43. The van der Waals surface area contributed by atoms with Crippen molar-refractivity contribution in [1.82, 2.24) is 5.01 Å². The summed E-state index contributed by atoms with van der Waals surface area (Å²) in [6.45, 7) is 0.320. The molecule has 0 fully saturated rings. The van der Waals surface area contributed by atoms with Crippen molar-refractivity contribution in [3.05, 3.63) is 59.9 Å². The van der Waals surface area contributed by atoms with Gasteiger partial charge in [0, 0.05) is 12.5 Å². The van der Waals surface area contributed by atoms with E-state index < -0.39 is 5.82 Å². The molecule has 124 valence electrons. The Kier molecular flexibility index (Phi) is 4.74. The number of nitrogens with zero attached hydrogens (tertiary/aromatic N) is 2. The van der Waals surface area contributed by atoms with Crippen molar-refractivity contribution < 1.29 is 18.7 Å². The van der Waals surface area contributed by atoms with Gasteiger partial charge in [-0.05, 0) is 17.7 Å². The molecule has 24 heavy (non-hydrogen) atoms. The molecule has 1 heterocycles. The SMILES string of the molecule is COc1ccc(OCC(=O)N2CCC(c3ccccc3)=N2)cc1F. The van der Waals surface area contributed by atoms with Gasteiger partial charge in [-0.1, -0.05) is 30.3 Å². The summed E-state index contributed by atoms with van der Waals surface area (Å²) in [7, 11) is 1.39. The summed E-state index contributed by atoms with van der Waals surface area (Å²) in [6, 6.07) is 13.9. The number of amides is 1. The fourth-order valence-electron chi connectivity index (χ4n) is 2.43. The number of benzene rings is 2. The molecule has 6 heteroatoms. The summed E-state index contributed by atoms with van der Waals surface area (Å²) in [5.41, 5.74) is 1.88. The summed E-state index contributed by atoms with van der Waals surface area (Å²) in [5, 5.41) is 5.73. The zero-order valence-electron chi connectivity index (χ0n) is 13.2. The Morgan fingerprint density at radius 1 is 1.25 bits per heavy atom. The average Bonchev–Trinajstić information content (AvgIpc) is 3.11. The van der Waals surface area contributed by atoms with Gasteiger partial charge in [0.1, 0.15) is 5.75 Å². The third-order valence-corrected chi connectivity index (χ3v) is 3.68. The van der Waals surface area contributed by atoms with Crippen LogP contribution in [0.5, 0.6) is 11.5 Å². The van der Waals surface area contributed by atoms with E-state index in [0.717, 1.165) is 11.3 Å². The minimum atomic E-state index is -0.534. The molecule has 0 unspecified atom stereocenters. The largest absolute Gasteiger partial charge is 0.494 e. The zero-order chi connectivity index (χ0) is 16.9. The van der Waals surface area contributed by atoms with E-state index in [1.807, 2.05) is 30.3 Å². The third kappa shape index (κ3) is 3.53. The second kappa shape index (κ2) is 7.12. The van der Waals surface area contributed by atoms with Crippen molar-refractivity contribution in [2.75, 3.05) is 20.3 Å². The smallest absolute Gasteiger partial charge is 0.280 e. The molecule has 2 aromatic carbocycles. The standard InChI is InChI=1S/C18H17FN2O3/c1-23-17-8-7-14(11-15(17)19)24-12-18(22)21-10-9-16(20-21)13-5-3-2-4-6-13/h2-8,11H,9-10,12H2,1H3. The lowest BCUT2D eigenvalue weighted by Crippen LogP contribution is -2.28. The van der Waals surface area contributed by atoms with E-state index in [1.54, 1.807) is 6.07 Å². The van der Waals surface area contributed by atoms with Gasteiger partial charge in [-0.15, -0.1) is 0 Å². The lowest BCUT2D eigenvalue weighted by Gasteiger charge is -2.12. The number of methoxy groups -OCH3 is 1. The van der Waals surface area contributed by atoms with Gasteiger partial charge in [0.2, 0.25) is 0 Å². The summed E-state index contributed by atoms with van der Waals surface area (Å²) < 4.78 is 23.8. The highest BCUT2D eigenvalue weighted by atomic mass is 19.1. The number of ether oxygens (including phenoxy) is 2. The third-order valence-electron chi connectivity index (χ3n) is 3.68. The van der Waals surface area contributed by atoms with Crippen molar-refractivity contribution >= 4 is 11.6 Å². The maximum absolute atomic E-state index is 13.6. The molecule has 5 nitrogen and oxygen atoms in total. The zero-order valence-corrected chi connectivity index (χ0v) is 13.2. The lowest BCUT2D eigenvalue weighted by molar-refractivity contribution is -0.132. The van der Waals surface area contributed by atoms with Crippen molar-refractivity contribution in [3.8, 4) is 11.5 Å². The second-order valence-corrected chi connectivity index (χ2v) is 5.26. The minimum absolute atomic E-state index is 0.130. The summed E-state index contributed by atoms with van der Waals surface area (Å²) in [4.78, 5) is 12.2. The number of rotatable bonds is 5. The second-order valence-electron chi connectivity index (χ2n) is 5.26. The predicted molar refractivity (Wildman–Crippen MR) is 87.8 cm³/mol. The summed E-state index contributed by atoms with van der Waals surface area (Å²) in [5.74, 6) is -0.399. The topological polar surface area (TPSA) is 51.1 Å². The molecule has 0 N–H and O–H groups in total. The molecule has 0 radical (unpaired) electrons. The Balaban J connectivity index is 1.60. The van der Waals surface area contributed by atoms with E-state index >= 15 is 0 Å². The molecule has 1 amide bonds. The van der Waals surface area contributed by atoms with E-state index in [2.05, 4.69) is 5.10 Å². The molecule has 0 saturated heterocycles. The van der Waals surface area contributed by atoms with Gasteiger partial charge in [-0.3, -0.25) is 4.79 Å². The van der Waals surface area contributed by atoms with E-state index in [1.165, 1.54) is 24.3 Å². The van der Waals surface area contributed by atoms with Crippen LogP contribution in [0.2, 0.25) is 0 Å². The van der Waals surface area contributed by atoms with Crippen LogP contribution in [0, 0.1) is 5.82 Å². The highest BCUT2D eigenvalue weighted by Gasteiger charge is 2.21. The number of carbonyl (C=O) groups excluding carboxylic acids is 1. The molecule has 1 aliphatic heterocycles. The quantitative estimate of drug-likeness (QED) is 0.848. The van der Waals surface area contributed by atoms with Gasteiger partial charge in [-0.25, -0.2) is 9.40 Å². The van der Waals surface area contributed by atoms with Crippen molar-refractivity contribution in [2.24, 2.45) is 5.10 Å². The molecule has 0 saturated carbocycles. The van der Waals surface area contributed by atoms with Crippen LogP contribution in [0.1, 0.15) is 12.0 Å². The van der Waals surface area contributed by atoms with E-state index in [9.17, 15) is 9.18 Å². The van der Waals surface area contributed by atoms with Gasteiger partial charge in [0.15, 0.2) is 18.2 Å². The number of hydrogen-bond acceptors (Lipinski definition) is 4. The predicted octanol–water partition coefficient (Wildman–Crippen LogP) is 2.85. The molecule has 3 rings (SSSR count). The van der Waals surface area contributed by atoms with Crippen LogP contribution < -0.4 is 9.47 Å². The van der Waals surface area contributed by atoms with E-state index in [4.69, 9.17) is 9.47 Å². The first kappa shape index (κ1) is 16.0. The van der Waals surface area contributed by atoms with Crippen molar-refractivity contribution in [1.29, 1.82) is 0 Å². The average molecular weight is 328 g/mol. The van der Waals surface area contributed by atoms with Crippen LogP contribution in [0.3, 0.4) is 0 Å². The highest BCUT2D eigenvalue weighted by Crippen LogP contribution is 2.22. The van der Waals surface area contributed by atoms with Crippen LogP contribution in [-0.4, -0.2) is 36.9 Å². The van der Waals surface area contributed by atoms with Gasteiger partial charge >= 0.3 is 0 Å². The van der Waals surface area contributed by atoms with Crippen LogP contribution in [0.4, 0.5) is 4.39 Å². The Hall–Kier alpha value is -2.89. The van der Waals surface area contributed by atoms with Gasteiger partial charge in [-0.2, -0.15) is 5.10 Å². The fraction of sp³-hybridized carbons (Fsp3) is 0.222. The summed E-state index contributed by atoms with van der Waals surface area (Å²) >= 11 is 0. The minimum Gasteiger partial charge on any atom is -0.494 e. The molecule has 0 aliphatic carbocycles. The Morgan fingerprint density at radius 3 is 2.75 bits per heavy atom. The first-order chi connectivity index (χ1) is 11.7.